The molecule has 11 heteroatoms. The summed E-state index contributed by atoms with van der Waals surface area (Å²) in [6, 6.07) is 6.37. The molecular weight excluding hydrogens is 554 g/mol. The first kappa shape index (κ1) is 27.0. The number of hydrogen-bond donors (Lipinski definition) is 1. The van der Waals surface area contributed by atoms with Crippen LogP contribution in [-0.2, 0) is 4.79 Å². The summed E-state index contributed by atoms with van der Waals surface area (Å²) in [5, 5.41) is 9.72. The van der Waals surface area contributed by atoms with Gasteiger partial charge in [-0.05, 0) is 57.0 Å². The monoisotopic (exact) mass is 587 g/mol. The zero-order chi connectivity index (χ0) is 29.0. The SMILES string of the molecule is C=CC(=O)N1CCN(c2nc(O[C@@H]3CCN(C)C3)nc3c(OC4CC4)c(-c4c(C)ccc5[nH]ncc45)c(Cl)cc23)CC1. The molecule has 4 aromatic rings. The molecule has 1 N–H and O–H groups in total. The summed E-state index contributed by atoms with van der Waals surface area (Å²) < 4.78 is 13.1. The van der Waals surface area contributed by atoms with Gasteiger partial charge in [0.1, 0.15) is 17.4 Å². The average Bonchev–Trinajstić information content (AvgIpc) is 3.52. The minimum atomic E-state index is -0.0619. The molecule has 1 aliphatic carbocycles. The normalized spacial score (nSPS) is 19.5. The Morgan fingerprint density at radius 1 is 1.05 bits per heavy atom. The van der Waals surface area contributed by atoms with E-state index in [2.05, 4.69) is 46.6 Å². The van der Waals surface area contributed by atoms with Gasteiger partial charge in [-0.25, -0.2) is 0 Å². The summed E-state index contributed by atoms with van der Waals surface area (Å²) in [6.07, 6.45) is 6.19. The molecule has 2 aliphatic heterocycles. The molecule has 0 bridgehead atoms. The second-order valence-corrected chi connectivity index (χ2v) is 11.9. The number of nitrogens with zero attached hydrogens (tertiary/aromatic N) is 6. The molecule has 0 spiro atoms. The topological polar surface area (TPSA) is 99.7 Å². The molecule has 3 fully saturated rings. The minimum Gasteiger partial charge on any atom is -0.487 e. The van der Waals surface area contributed by atoms with Crippen LogP contribution >= 0.6 is 11.6 Å². The van der Waals surface area contributed by atoms with Gasteiger partial charge in [0.05, 0.1) is 22.8 Å². The number of benzene rings is 2. The number of halogens is 1. The summed E-state index contributed by atoms with van der Waals surface area (Å²) in [5.74, 6) is 1.32. The Morgan fingerprint density at radius 2 is 1.86 bits per heavy atom. The molecule has 10 nitrogen and oxygen atoms in total. The number of amides is 1. The van der Waals surface area contributed by atoms with Gasteiger partial charge in [-0.2, -0.15) is 15.1 Å². The Hall–Kier alpha value is -3.89. The molecule has 1 amide bonds. The molecule has 42 heavy (non-hydrogen) atoms. The van der Waals surface area contributed by atoms with Crippen molar-refractivity contribution in [1.29, 1.82) is 0 Å². The van der Waals surface area contributed by atoms with E-state index in [0.717, 1.165) is 71.1 Å². The molecular formula is C31H34ClN7O3. The number of ether oxygens (including phenoxy) is 2. The number of rotatable bonds is 7. The summed E-state index contributed by atoms with van der Waals surface area (Å²) in [4.78, 5) is 28.5. The Balaban J connectivity index is 1.41. The average molecular weight is 588 g/mol. The first-order valence-electron chi connectivity index (χ1n) is 14.5. The highest BCUT2D eigenvalue weighted by Gasteiger charge is 2.32. The van der Waals surface area contributed by atoms with Gasteiger partial charge in [-0.3, -0.25) is 9.89 Å². The molecule has 2 aromatic carbocycles. The molecule has 218 valence electrons. The number of piperazine rings is 1. The van der Waals surface area contributed by atoms with Crippen molar-refractivity contribution in [1.82, 2.24) is 30.0 Å². The largest absolute Gasteiger partial charge is 0.487 e. The Kier molecular flexibility index (Phi) is 6.90. The van der Waals surface area contributed by atoms with Crippen molar-refractivity contribution in [2.45, 2.75) is 38.4 Å². The van der Waals surface area contributed by atoms with E-state index in [0.29, 0.717) is 48.5 Å². The maximum atomic E-state index is 12.3. The van der Waals surface area contributed by atoms with Crippen molar-refractivity contribution in [3.05, 3.63) is 47.6 Å². The number of anilines is 1. The smallest absolute Gasteiger partial charge is 0.319 e. The third-order valence-corrected chi connectivity index (χ3v) is 8.73. The molecule has 3 aliphatic rings. The third kappa shape index (κ3) is 4.92. The number of fused-ring (bicyclic) bond motifs is 2. The van der Waals surface area contributed by atoms with Crippen molar-refractivity contribution in [3.63, 3.8) is 0 Å². The lowest BCUT2D eigenvalue weighted by molar-refractivity contribution is -0.126. The van der Waals surface area contributed by atoms with Gasteiger partial charge in [-0.1, -0.05) is 24.2 Å². The van der Waals surface area contributed by atoms with Gasteiger partial charge in [0.15, 0.2) is 5.75 Å². The minimum absolute atomic E-state index is 0.00357. The van der Waals surface area contributed by atoms with E-state index < -0.39 is 0 Å². The number of likely N-dealkylation sites (N-methyl/N-ethyl adjacent to an activating group) is 1. The first-order valence-corrected chi connectivity index (χ1v) is 14.9. The van der Waals surface area contributed by atoms with Crippen molar-refractivity contribution in [3.8, 4) is 22.9 Å². The number of hydrogen-bond acceptors (Lipinski definition) is 8. The van der Waals surface area contributed by atoms with E-state index in [1.54, 1.807) is 4.90 Å². The standard InChI is InChI=1S/C31H34ClN7O3/c1-4-25(40)38-11-13-39(14-12-38)30-21-15-23(32)27(26-18(2)5-8-24-22(26)16-33-36-24)29(41-19-6-7-19)28(21)34-31(35-30)42-20-9-10-37(3)17-20/h4-5,8,15-16,19-20H,1,6-7,9-14,17H2,2-3H3,(H,33,36)/t20-/m1/s1. The highest BCUT2D eigenvalue weighted by atomic mass is 35.5. The summed E-state index contributed by atoms with van der Waals surface area (Å²) in [7, 11) is 2.09. The van der Waals surface area contributed by atoms with Crippen molar-refractivity contribution in [2.24, 2.45) is 0 Å². The summed E-state index contributed by atoms with van der Waals surface area (Å²) in [6.45, 7) is 9.86. The van der Waals surface area contributed by atoms with Crippen LogP contribution in [-0.4, -0.2) is 94.4 Å². The van der Waals surface area contributed by atoms with Crippen LogP contribution < -0.4 is 14.4 Å². The number of aryl methyl sites for hydroxylation is 1. The fourth-order valence-corrected chi connectivity index (χ4v) is 6.32. The number of H-pyrrole nitrogens is 1. The highest BCUT2D eigenvalue weighted by Crippen LogP contribution is 2.48. The van der Waals surface area contributed by atoms with E-state index in [-0.39, 0.29) is 18.1 Å². The molecule has 7 rings (SSSR count). The van der Waals surface area contributed by atoms with E-state index in [9.17, 15) is 4.79 Å². The zero-order valence-corrected chi connectivity index (χ0v) is 24.7. The molecule has 0 unspecified atom stereocenters. The molecule has 4 heterocycles. The van der Waals surface area contributed by atoms with Gasteiger partial charge in [0.2, 0.25) is 5.91 Å². The Labute approximate surface area is 249 Å². The van der Waals surface area contributed by atoms with Gasteiger partial charge < -0.3 is 24.2 Å². The van der Waals surface area contributed by atoms with E-state index in [1.807, 2.05) is 18.3 Å². The predicted octanol–water partition coefficient (Wildman–Crippen LogP) is 4.59. The Bertz CT molecular complexity index is 1690. The molecule has 2 saturated heterocycles. The van der Waals surface area contributed by atoms with Gasteiger partial charge in [-0.15, -0.1) is 0 Å². The van der Waals surface area contributed by atoms with Crippen LogP contribution in [0, 0.1) is 6.92 Å². The third-order valence-electron chi connectivity index (χ3n) is 8.43. The number of aromatic amines is 1. The lowest BCUT2D eigenvalue weighted by Crippen LogP contribution is -2.48. The first-order chi connectivity index (χ1) is 20.4. The van der Waals surface area contributed by atoms with Crippen molar-refractivity contribution in [2.75, 3.05) is 51.2 Å². The quantitative estimate of drug-likeness (QED) is 0.313. The number of nitrogens with one attached hydrogen (secondary N) is 1. The van der Waals surface area contributed by atoms with Gasteiger partial charge in [0.25, 0.3) is 0 Å². The fraction of sp³-hybridized carbons (Fsp3) is 0.419. The number of likely N-dealkylation sites (tertiary alicyclic amines) is 1. The van der Waals surface area contributed by atoms with Crippen LogP contribution in [0.5, 0.6) is 11.8 Å². The van der Waals surface area contributed by atoms with E-state index >= 15 is 0 Å². The van der Waals surface area contributed by atoms with Crippen LogP contribution in [0.4, 0.5) is 5.82 Å². The number of carbonyl (C=O) groups excluding carboxylic acids is 1. The second-order valence-electron chi connectivity index (χ2n) is 11.5. The summed E-state index contributed by atoms with van der Waals surface area (Å²) >= 11 is 7.19. The van der Waals surface area contributed by atoms with E-state index in [4.69, 9.17) is 31.0 Å². The lowest BCUT2D eigenvalue weighted by Gasteiger charge is -2.35. The molecule has 1 atom stereocenters. The number of carbonyl (C=O) groups is 1. The van der Waals surface area contributed by atoms with Gasteiger partial charge in [0, 0.05) is 61.2 Å². The fourth-order valence-electron chi connectivity index (χ4n) is 6.03. The molecule has 1 saturated carbocycles. The maximum Gasteiger partial charge on any atom is 0.319 e. The lowest BCUT2D eigenvalue weighted by atomic mass is 9.94. The second kappa shape index (κ2) is 10.7. The van der Waals surface area contributed by atoms with Crippen LogP contribution in [0.1, 0.15) is 24.8 Å². The highest BCUT2D eigenvalue weighted by molar-refractivity contribution is 6.35. The number of aromatic nitrogens is 4. The van der Waals surface area contributed by atoms with E-state index in [1.165, 1.54) is 6.08 Å². The van der Waals surface area contributed by atoms with Crippen LogP contribution in [0.2, 0.25) is 5.02 Å². The molecule has 0 radical (unpaired) electrons. The van der Waals surface area contributed by atoms with Gasteiger partial charge >= 0.3 is 6.01 Å². The van der Waals surface area contributed by atoms with Crippen LogP contribution in [0.3, 0.4) is 0 Å². The Morgan fingerprint density at radius 3 is 2.57 bits per heavy atom. The van der Waals surface area contributed by atoms with Crippen LogP contribution in [0.25, 0.3) is 32.9 Å². The predicted molar refractivity (Wildman–Crippen MR) is 164 cm³/mol. The van der Waals surface area contributed by atoms with Crippen LogP contribution in [0.15, 0.2) is 37.1 Å². The van der Waals surface area contributed by atoms with Crippen molar-refractivity contribution >= 4 is 45.1 Å². The molecule has 2 aromatic heterocycles. The van der Waals surface area contributed by atoms with Crippen molar-refractivity contribution < 1.29 is 14.3 Å². The maximum absolute atomic E-state index is 12.3. The summed E-state index contributed by atoms with van der Waals surface area (Å²) in [5.41, 5.74) is 4.44. The zero-order valence-electron chi connectivity index (χ0n) is 23.9.